The van der Waals surface area contributed by atoms with Crippen LogP contribution in [0.5, 0.6) is 0 Å². The Hall–Kier alpha value is -2.28. The highest BCUT2D eigenvalue weighted by atomic mass is 35.5. The summed E-state index contributed by atoms with van der Waals surface area (Å²) in [6, 6.07) is 6.94. The van der Waals surface area contributed by atoms with Gasteiger partial charge in [-0.1, -0.05) is 11.6 Å². The Morgan fingerprint density at radius 3 is 2.54 bits per heavy atom. The summed E-state index contributed by atoms with van der Waals surface area (Å²) < 4.78 is 30.4. The molecule has 1 aromatic carbocycles. The summed E-state index contributed by atoms with van der Waals surface area (Å²) in [4.78, 5) is 22.2. The number of hydrogen-bond acceptors (Lipinski definition) is 3. The number of aryl methyl sites for hydroxylation is 1. The van der Waals surface area contributed by atoms with Crippen LogP contribution in [0.2, 0.25) is 5.02 Å². The number of hydrogen-bond donors (Lipinski definition) is 0. The number of fused-ring (bicyclic) bond motifs is 1. The van der Waals surface area contributed by atoms with Crippen molar-refractivity contribution in [2.24, 2.45) is 5.92 Å². The molecule has 0 amide bonds. The van der Waals surface area contributed by atoms with Gasteiger partial charge >= 0.3 is 0 Å². The third-order valence-corrected chi connectivity index (χ3v) is 5.69. The molecule has 0 saturated heterocycles. The van der Waals surface area contributed by atoms with Gasteiger partial charge in [0.1, 0.15) is 5.82 Å². The minimum Gasteiger partial charge on any atom is -0.315 e. The summed E-state index contributed by atoms with van der Waals surface area (Å²) in [5.41, 5.74) is 1.23. The molecule has 8 heteroatoms. The topological polar surface area (TPSA) is 52.7 Å². The molecule has 0 radical (unpaired) electrons. The summed E-state index contributed by atoms with van der Waals surface area (Å²) in [6.07, 6.45) is 2.70. The minimum absolute atomic E-state index is 0.0699. The zero-order chi connectivity index (χ0) is 19.9. The number of benzene rings is 1. The summed E-state index contributed by atoms with van der Waals surface area (Å²) in [6.45, 7) is 2.60. The summed E-state index contributed by atoms with van der Waals surface area (Å²) in [5.74, 6) is -1.93. The van der Waals surface area contributed by atoms with Crippen LogP contribution in [-0.2, 0) is 13.0 Å². The van der Waals surface area contributed by atoms with Crippen LogP contribution >= 0.6 is 11.6 Å². The molecule has 0 atom stereocenters. The molecule has 0 N–H and O–H groups in total. The predicted octanol–water partition coefficient (Wildman–Crippen LogP) is 4.62. The van der Waals surface area contributed by atoms with Crippen molar-refractivity contribution in [2.45, 2.75) is 51.5 Å². The van der Waals surface area contributed by atoms with Gasteiger partial charge in [-0.25, -0.2) is 18.7 Å². The molecule has 2 heterocycles. The van der Waals surface area contributed by atoms with Crippen molar-refractivity contribution < 1.29 is 8.78 Å². The smallest absolute Gasteiger partial charge is 0.286 e. The van der Waals surface area contributed by atoms with Crippen molar-refractivity contribution in [1.82, 2.24) is 19.1 Å². The SMILES string of the molecule is CCn1cnc2c(=O)n(-c3ccc(Cl)cc3)c(CC3CCC(F)(F)CC3)nc21. The van der Waals surface area contributed by atoms with Crippen molar-refractivity contribution in [1.29, 1.82) is 0 Å². The van der Waals surface area contributed by atoms with E-state index in [9.17, 15) is 13.6 Å². The fourth-order valence-corrected chi connectivity index (χ4v) is 3.95. The van der Waals surface area contributed by atoms with Gasteiger partial charge in [-0.15, -0.1) is 0 Å². The minimum atomic E-state index is -2.58. The summed E-state index contributed by atoms with van der Waals surface area (Å²) in [5, 5.41) is 0.567. The maximum absolute atomic E-state index is 13.5. The Bertz CT molecular complexity index is 1050. The van der Waals surface area contributed by atoms with E-state index < -0.39 is 5.92 Å². The van der Waals surface area contributed by atoms with E-state index in [4.69, 9.17) is 16.6 Å². The number of rotatable bonds is 4. The molecule has 2 aromatic heterocycles. The Morgan fingerprint density at radius 2 is 1.89 bits per heavy atom. The lowest BCUT2D eigenvalue weighted by Gasteiger charge is -2.28. The van der Waals surface area contributed by atoms with E-state index in [0.29, 0.717) is 53.5 Å². The van der Waals surface area contributed by atoms with Gasteiger partial charge < -0.3 is 4.57 Å². The van der Waals surface area contributed by atoms with Crippen LogP contribution in [0.1, 0.15) is 38.4 Å². The van der Waals surface area contributed by atoms with E-state index in [1.165, 1.54) is 0 Å². The molecule has 1 aliphatic rings. The lowest BCUT2D eigenvalue weighted by molar-refractivity contribution is -0.0458. The highest BCUT2D eigenvalue weighted by Crippen LogP contribution is 2.37. The first kappa shape index (κ1) is 19.1. The average Bonchev–Trinajstić information content (AvgIpc) is 3.08. The van der Waals surface area contributed by atoms with Gasteiger partial charge in [-0.2, -0.15) is 0 Å². The summed E-state index contributed by atoms with van der Waals surface area (Å²) >= 11 is 5.99. The van der Waals surface area contributed by atoms with Crippen LogP contribution < -0.4 is 5.56 Å². The van der Waals surface area contributed by atoms with Gasteiger partial charge in [-0.05, 0) is 49.9 Å². The lowest BCUT2D eigenvalue weighted by atomic mass is 9.84. The maximum atomic E-state index is 13.5. The van der Waals surface area contributed by atoms with Gasteiger partial charge in [0.05, 0.1) is 12.0 Å². The molecular formula is C20H21ClF2N4O. The van der Waals surface area contributed by atoms with Gasteiger partial charge in [0.2, 0.25) is 5.92 Å². The molecule has 148 valence electrons. The van der Waals surface area contributed by atoms with Gasteiger partial charge in [0.15, 0.2) is 11.2 Å². The second-order valence-electron chi connectivity index (χ2n) is 7.35. The van der Waals surface area contributed by atoms with E-state index in [1.807, 2.05) is 11.5 Å². The van der Waals surface area contributed by atoms with Crippen LogP contribution in [0.3, 0.4) is 0 Å². The number of alkyl halides is 2. The zero-order valence-electron chi connectivity index (χ0n) is 15.5. The van der Waals surface area contributed by atoms with Gasteiger partial charge in [0, 0.05) is 30.8 Å². The number of halogens is 3. The summed E-state index contributed by atoms with van der Waals surface area (Å²) in [7, 11) is 0. The molecule has 0 spiro atoms. The molecule has 1 saturated carbocycles. The van der Waals surface area contributed by atoms with Crippen molar-refractivity contribution in [2.75, 3.05) is 0 Å². The lowest BCUT2D eigenvalue weighted by Crippen LogP contribution is -2.29. The molecule has 4 rings (SSSR count). The molecule has 5 nitrogen and oxygen atoms in total. The predicted molar refractivity (Wildman–Crippen MR) is 104 cm³/mol. The van der Waals surface area contributed by atoms with Crippen molar-refractivity contribution in [3.63, 3.8) is 0 Å². The van der Waals surface area contributed by atoms with Crippen molar-refractivity contribution in [3.8, 4) is 5.69 Å². The van der Waals surface area contributed by atoms with Crippen molar-refractivity contribution in [3.05, 3.63) is 51.8 Å². The Morgan fingerprint density at radius 1 is 1.21 bits per heavy atom. The normalized spacial score (nSPS) is 17.3. The molecule has 1 aliphatic carbocycles. The third-order valence-electron chi connectivity index (χ3n) is 5.44. The quantitative estimate of drug-likeness (QED) is 0.635. The fraction of sp³-hybridized carbons (Fsp3) is 0.450. The molecule has 1 fully saturated rings. The second-order valence-corrected chi connectivity index (χ2v) is 7.79. The number of nitrogens with zero attached hydrogens (tertiary/aromatic N) is 4. The van der Waals surface area contributed by atoms with Crippen LogP contribution in [0.25, 0.3) is 16.9 Å². The third kappa shape index (κ3) is 3.55. The largest absolute Gasteiger partial charge is 0.315 e. The molecule has 0 bridgehead atoms. The van der Waals surface area contributed by atoms with Gasteiger partial charge in [-0.3, -0.25) is 9.36 Å². The first-order chi connectivity index (χ1) is 13.4. The maximum Gasteiger partial charge on any atom is 0.286 e. The van der Waals surface area contributed by atoms with E-state index in [0.717, 1.165) is 0 Å². The van der Waals surface area contributed by atoms with Gasteiger partial charge in [0.25, 0.3) is 5.56 Å². The van der Waals surface area contributed by atoms with Crippen molar-refractivity contribution >= 4 is 22.8 Å². The Balaban J connectivity index is 1.81. The molecule has 28 heavy (non-hydrogen) atoms. The second kappa shape index (κ2) is 7.28. The first-order valence-corrected chi connectivity index (χ1v) is 9.86. The first-order valence-electron chi connectivity index (χ1n) is 9.48. The Labute approximate surface area is 166 Å². The number of aromatic nitrogens is 4. The van der Waals surface area contributed by atoms with E-state index >= 15 is 0 Å². The van der Waals surface area contributed by atoms with E-state index in [-0.39, 0.29) is 24.3 Å². The zero-order valence-corrected chi connectivity index (χ0v) is 16.3. The fourth-order valence-electron chi connectivity index (χ4n) is 3.83. The molecule has 0 aliphatic heterocycles. The average molecular weight is 407 g/mol. The Kier molecular flexibility index (Phi) is 4.95. The van der Waals surface area contributed by atoms with E-state index in [2.05, 4.69) is 4.98 Å². The van der Waals surface area contributed by atoms with E-state index in [1.54, 1.807) is 35.2 Å². The van der Waals surface area contributed by atoms with Crippen LogP contribution in [0, 0.1) is 5.92 Å². The highest BCUT2D eigenvalue weighted by Gasteiger charge is 2.35. The molecule has 0 unspecified atom stereocenters. The standard InChI is InChI=1S/C20H21ClF2N4O/c1-2-26-12-24-17-18(26)25-16(11-13-7-9-20(22,23)10-8-13)27(19(17)28)15-5-3-14(21)4-6-15/h3-6,12-13H,2,7-11H2,1H3. The van der Waals surface area contributed by atoms with Crippen LogP contribution in [0.15, 0.2) is 35.4 Å². The number of imidazole rings is 1. The molecular weight excluding hydrogens is 386 g/mol. The van der Waals surface area contributed by atoms with Crippen LogP contribution in [-0.4, -0.2) is 25.0 Å². The highest BCUT2D eigenvalue weighted by molar-refractivity contribution is 6.30. The molecule has 3 aromatic rings. The van der Waals surface area contributed by atoms with Crippen LogP contribution in [0.4, 0.5) is 8.78 Å². The monoisotopic (exact) mass is 406 g/mol.